The highest BCUT2D eigenvalue weighted by molar-refractivity contribution is 5.59. The molecule has 0 aliphatic heterocycles. The number of nitrogens with zero attached hydrogens (tertiary/aromatic N) is 2. The molecule has 1 saturated carbocycles. The van der Waals surface area contributed by atoms with E-state index in [0.717, 1.165) is 11.6 Å². The average Bonchev–Trinajstić information content (AvgIpc) is 3.17. The smallest absolute Gasteiger partial charge is 0.227 e. The lowest BCUT2D eigenvalue weighted by molar-refractivity contribution is 1.12. The van der Waals surface area contributed by atoms with E-state index in [4.69, 9.17) is 0 Å². The molecule has 2 aromatic rings. The molecule has 1 fully saturated rings. The van der Waals surface area contributed by atoms with E-state index in [1.165, 1.54) is 24.0 Å². The first-order chi connectivity index (χ1) is 8.33. The van der Waals surface area contributed by atoms with Crippen molar-refractivity contribution in [3.63, 3.8) is 0 Å². The van der Waals surface area contributed by atoms with Gasteiger partial charge in [0.25, 0.3) is 0 Å². The minimum absolute atomic E-state index is 0.648. The summed E-state index contributed by atoms with van der Waals surface area (Å²) in [6.07, 6.45) is 6.16. The predicted molar refractivity (Wildman–Crippen MR) is 68.5 cm³/mol. The molecular weight excluding hydrogens is 210 g/mol. The van der Waals surface area contributed by atoms with Gasteiger partial charge in [-0.15, -0.1) is 0 Å². The quantitative estimate of drug-likeness (QED) is 0.869. The Morgan fingerprint density at radius 2 is 1.94 bits per heavy atom. The minimum atomic E-state index is 0.648. The van der Waals surface area contributed by atoms with Crippen LogP contribution in [0, 0.1) is 6.92 Å². The van der Waals surface area contributed by atoms with E-state index in [1.54, 1.807) is 12.4 Å². The molecule has 1 aromatic heterocycles. The molecule has 3 rings (SSSR count). The van der Waals surface area contributed by atoms with Gasteiger partial charge in [-0.2, -0.15) is 0 Å². The second-order valence-electron chi connectivity index (χ2n) is 4.55. The Morgan fingerprint density at radius 1 is 1.18 bits per heavy atom. The van der Waals surface area contributed by atoms with Crippen LogP contribution in [0.25, 0.3) is 0 Å². The third-order valence-corrected chi connectivity index (χ3v) is 3.11. The average molecular weight is 225 g/mol. The predicted octanol–water partition coefficient (Wildman–Crippen LogP) is 3.41. The Balaban J connectivity index is 1.83. The maximum atomic E-state index is 4.16. The lowest BCUT2D eigenvalue weighted by atomic mass is 10.1. The van der Waals surface area contributed by atoms with Crippen molar-refractivity contribution in [1.82, 2.24) is 9.97 Å². The van der Waals surface area contributed by atoms with Crippen LogP contribution in [-0.2, 0) is 0 Å². The van der Waals surface area contributed by atoms with Crippen LogP contribution in [0.2, 0.25) is 0 Å². The second-order valence-corrected chi connectivity index (χ2v) is 4.55. The van der Waals surface area contributed by atoms with Gasteiger partial charge in [-0.25, -0.2) is 9.97 Å². The number of aryl methyl sites for hydroxylation is 1. The van der Waals surface area contributed by atoms with Gasteiger partial charge >= 0.3 is 0 Å². The van der Waals surface area contributed by atoms with E-state index >= 15 is 0 Å². The van der Waals surface area contributed by atoms with Crippen LogP contribution in [-0.4, -0.2) is 9.97 Å². The molecule has 0 unspecified atom stereocenters. The van der Waals surface area contributed by atoms with E-state index < -0.39 is 0 Å². The van der Waals surface area contributed by atoms with Crippen molar-refractivity contribution in [2.45, 2.75) is 25.7 Å². The number of hydrogen-bond acceptors (Lipinski definition) is 3. The maximum Gasteiger partial charge on any atom is 0.227 e. The first kappa shape index (κ1) is 10.3. The number of aromatic nitrogens is 2. The maximum absolute atomic E-state index is 4.16. The summed E-state index contributed by atoms with van der Waals surface area (Å²) < 4.78 is 0. The van der Waals surface area contributed by atoms with Crippen molar-refractivity contribution >= 4 is 11.6 Å². The molecule has 17 heavy (non-hydrogen) atoms. The summed E-state index contributed by atoms with van der Waals surface area (Å²) in [7, 11) is 0. The Bertz CT molecular complexity index is 518. The molecule has 3 heteroatoms. The summed E-state index contributed by atoms with van der Waals surface area (Å²) >= 11 is 0. The highest BCUT2D eigenvalue weighted by atomic mass is 15.1. The molecule has 1 heterocycles. The molecule has 0 bridgehead atoms. The molecule has 3 nitrogen and oxygen atoms in total. The number of benzene rings is 1. The fraction of sp³-hybridized carbons (Fsp3) is 0.286. The Morgan fingerprint density at radius 3 is 2.59 bits per heavy atom. The monoisotopic (exact) mass is 225 g/mol. The van der Waals surface area contributed by atoms with Crippen molar-refractivity contribution in [3.8, 4) is 0 Å². The highest BCUT2D eigenvalue weighted by Crippen LogP contribution is 2.41. The van der Waals surface area contributed by atoms with Crippen LogP contribution in [0.5, 0.6) is 0 Å². The van der Waals surface area contributed by atoms with Gasteiger partial charge in [0.05, 0.1) is 0 Å². The van der Waals surface area contributed by atoms with E-state index in [-0.39, 0.29) is 0 Å². The van der Waals surface area contributed by atoms with Gasteiger partial charge in [-0.1, -0.05) is 12.1 Å². The zero-order valence-electron chi connectivity index (χ0n) is 9.85. The fourth-order valence-corrected chi connectivity index (χ4v) is 1.98. The van der Waals surface area contributed by atoms with Crippen LogP contribution < -0.4 is 5.32 Å². The summed E-state index contributed by atoms with van der Waals surface area (Å²) in [6, 6.07) is 8.41. The molecular formula is C14H15N3. The number of nitrogens with one attached hydrogen (secondary N) is 1. The van der Waals surface area contributed by atoms with Crippen molar-refractivity contribution in [3.05, 3.63) is 47.8 Å². The number of rotatable bonds is 3. The summed E-state index contributed by atoms with van der Waals surface area (Å²) in [5, 5.41) is 3.24. The zero-order valence-corrected chi connectivity index (χ0v) is 9.85. The van der Waals surface area contributed by atoms with Gasteiger partial charge in [-0.05, 0) is 48.9 Å². The first-order valence-corrected chi connectivity index (χ1v) is 5.97. The molecule has 0 radical (unpaired) electrons. The topological polar surface area (TPSA) is 37.8 Å². The second kappa shape index (κ2) is 4.17. The van der Waals surface area contributed by atoms with E-state index in [2.05, 4.69) is 40.4 Å². The highest BCUT2D eigenvalue weighted by Gasteiger charge is 2.23. The van der Waals surface area contributed by atoms with Crippen LogP contribution >= 0.6 is 0 Å². The van der Waals surface area contributed by atoms with Crippen LogP contribution in [0.15, 0.2) is 36.7 Å². The molecule has 0 amide bonds. The minimum Gasteiger partial charge on any atom is -0.324 e. The van der Waals surface area contributed by atoms with E-state index in [9.17, 15) is 0 Å². The van der Waals surface area contributed by atoms with Crippen LogP contribution in [0.4, 0.5) is 11.6 Å². The molecule has 0 spiro atoms. The molecule has 1 aliphatic carbocycles. The van der Waals surface area contributed by atoms with Gasteiger partial charge < -0.3 is 5.32 Å². The fourth-order valence-electron chi connectivity index (χ4n) is 1.98. The largest absolute Gasteiger partial charge is 0.324 e. The molecule has 0 atom stereocenters. The van der Waals surface area contributed by atoms with Gasteiger partial charge in [-0.3, -0.25) is 0 Å². The summed E-state index contributed by atoms with van der Waals surface area (Å²) in [5.74, 6) is 1.45. The van der Waals surface area contributed by atoms with E-state index in [1.807, 2.05) is 6.07 Å². The molecule has 1 aromatic carbocycles. The SMILES string of the molecule is Cc1cc(C2CC2)ccc1Nc1ncccn1. The Labute approximate surface area is 101 Å². The molecule has 1 aliphatic rings. The molecule has 0 saturated heterocycles. The van der Waals surface area contributed by atoms with Gasteiger partial charge in [0, 0.05) is 18.1 Å². The number of hydrogen-bond donors (Lipinski definition) is 1. The van der Waals surface area contributed by atoms with Gasteiger partial charge in [0.2, 0.25) is 5.95 Å². The standard InChI is InChI=1S/C14H15N3/c1-10-9-12(11-3-4-11)5-6-13(10)17-14-15-7-2-8-16-14/h2,5-9,11H,3-4H2,1H3,(H,15,16,17). The number of anilines is 2. The van der Waals surface area contributed by atoms with E-state index in [0.29, 0.717) is 5.95 Å². The third kappa shape index (κ3) is 2.28. The normalized spacial score (nSPS) is 14.6. The van der Waals surface area contributed by atoms with Gasteiger partial charge in [0.1, 0.15) is 0 Å². The van der Waals surface area contributed by atoms with Crippen LogP contribution in [0.3, 0.4) is 0 Å². The lowest BCUT2D eigenvalue weighted by Gasteiger charge is -2.09. The van der Waals surface area contributed by atoms with Crippen molar-refractivity contribution in [2.75, 3.05) is 5.32 Å². The summed E-state index contributed by atoms with van der Waals surface area (Å²) in [5.41, 5.74) is 3.80. The third-order valence-electron chi connectivity index (χ3n) is 3.11. The molecule has 1 N–H and O–H groups in total. The Hall–Kier alpha value is -1.90. The molecule has 86 valence electrons. The first-order valence-electron chi connectivity index (χ1n) is 5.97. The van der Waals surface area contributed by atoms with Crippen molar-refractivity contribution in [2.24, 2.45) is 0 Å². The van der Waals surface area contributed by atoms with Crippen molar-refractivity contribution in [1.29, 1.82) is 0 Å². The Kier molecular flexibility index (Phi) is 2.52. The van der Waals surface area contributed by atoms with Crippen LogP contribution in [0.1, 0.15) is 29.9 Å². The lowest BCUT2D eigenvalue weighted by Crippen LogP contribution is -1.98. The van der Waals surface area contributed by atoms with Gasteiger partial charge in [0.15, 0.2) is 0 Å². The van der Waals surface area contributed by atoms with Crippen molar-refractivity contribution < 1.29 is 0 Å². The summed E-state index contributed by atoms with van der Waals surface area (Å²) in [6.45, 7) is 2.12. The zero-order chi connectivity index (χ0) is 11.7. The summed E-state index contributed by atoms with van der Waals surface area (Å²) in [4.78, 5) is 8.33.